The monoisotopic (exact) mass is 719 g/mol. The van der Waals surface area contributed by atoms with E-state index < -0.39 is 47.8 Å². The number of benzene rings is 2. The molecular formula is C32H27ClF5N7O3S. The quantitative estimate of drug-likeness (QED) is 0.266. The highest BCUT2D eigenvalue weighted by atomic mass is 35.5. The van der Waals surface area contributed by atoms with E-state index in [-0.39, 0.29) is 97.9 Å². The highest BCUT2D eigenvalue weighted by molar-refractivity contribution is 7.23. The molecule has 4 aliphatic rings. The van der Waals surface area contributed by atoms with Crippen LogP contribution in [-0.2, 0) is 4.79 Å². The lowest BCUT2D eigenvalue weighted by Crippen LogP contribution is -2.44. The van der Waals surface area contributed by atoms with Crippen molar-refractivity contribution in [1.29, 1.82) is 5.26 Å². The maximum atomic E-state index is 17.1. The summed E-state index contributed by atoms with van der Waals surface area (Å²) in [6.45, 7) is 0.661. The highest BCUT2D eigenvalue weighted by Crippen LogP contribution is 2.52. The predicted octanol–water partition coefficient (Wildman–Crippen LogP) is 5.53. The first-order valence-corrected chi connectivity index (χ1v) is 16.7. The van der Waals surface area contributed by atoms with Crippen LogP contribution >= 0.6 is 22.9 Å². The first-order valence-electron chi connectivity index (χ1n) is 15.5. The Balaban J connectivity index is 1.33. The largest absolute Gasteiger partial charge is 0.484 e. The molecule has 4 atom stereocenters. The molecule has 0 aliphatic carbocycles. The van der Waals surface area contributed by atoms with Crippen molar-refractivity contribution in [1.82, 2.24) is 19.8 Å². The Morgan fingerprint density at radius 2 is 2.06 bits per heavy atom. The van der Waals surface area contributed by atoms with Crippen molar-refractivity contribution in [3.05, 3.63) is 34.4 Å². The molecule has 4 aliphatic heterocycles. The second-order valence-electron chi connectivity index (χ2n) is 12.9. The maximum absolute atomic E-state index is 17.1. The summed E-state index contributed by atoms with van der Waals surface area (Å²) >= 11 is 7.81. The summed E-state index contributed by atoms with van der Waals surface area (Å²) in [5, 5.41) is 9.79. The number of fused-ring (bicyclic) bond motifs is 3. The number of nitriles is 1. The van der Waals surface area contributed by atoms with Gasteiger partial charge in [0.05, 0.1) is 38.8 Å². The Labute approximate surface area is 284 Å². The first kappa shape index (κ1) is 32.0. The fourth-order valence-electron chi connectivity index (χ4n) is 7.93. The van der Waals surface area contributed by atoms with Gasteiger partial charge in [0.2, 0.25) is 0 Å². The van der Waals surface area contributed by atoms with Gasteiger partial charge in [-0.05, 0) is 31.0 Å². The number of alkyl halides is 3. The van der Waals surface area contributed by atoms with Gasteiger partial charge >= 0.3 is 12.4 Å². The topological polar surface area (TPSA) is 121 Å². The predicted molar refractivity (Wildman–Crippen MR) is 172 cm³/mol. The van der Waals surface area contributed by atoms with Crippen LogP contribution in [0.4, 0.5) is 32.8 Å². The summed E-state index contributed by atoms with van der Waals surface area (Å²) in [6, 6.07) is 3.41. The number of likely N-dealkylation sites (tertiary alicyclic amines) is 1. The number of nitrogen functional groups attached to an aromatic ring is 1. The smallest absolute Gasteiger partial charge is 0.319 e. The van der Waals surface area contributed by atoms with Crippen LogP contribution in [0.1, 0.15) is 24.8 Å². The van der Waals surface area contributed by atoms with Crippen LogP contribution in [0, 0.1) is 23.0 Å². The molecule has 2 aromatic carbocycles. The third kappa shape index (κ3) is 4.76. The number of nitrogens with zero attached hydrogens (tertiary/aromatic N) is 6. The number of likely N-dealkylation sites (N-methyl/N-ethyl adjacent to an activating group) is 1. The molecule has 17 heteroatoms. The molecule has 0 spiro atoms. The van der Waals surface area contributed by atoms with E-state index in [1.165, 1.54) is 6.07 Å². The van der Waals surface area contributed by atoms with Crippen molar-refractivity contribution in [2.24, 2.45) is 0 Å². The molecule has 0 radical (unpaired) electrons. The molecule has 3 fully saturated rings. The van der Waals surface area contributed by atoms with Gasteiger partial charge in [-0.3, -0.25) is 9.69 Å². The van der Waals surface area contributed by atoms with Crippen molar-refractivity contribution >= 4 is 60.7 Å². The first-order chi connectivity index (χ1) is 23.4. The van der Waals surface area contributed by atoms with Gasteiger partial charge in [-0.1, -0.05) is 17.7 Å². The molecular weight excluding hydrogens is 693 g/mol. The number of thiophene rings is 1. The Morgan fingerprint density at radius 1 is 1.27 bits per heavy atom. The molecule has 3 unspecified atom stereocenters. The number of rotatable bonds is 5. The molecule has 49 heavy (non-hydrogen) atoms. The van der Waals surface area contributed by atoms with E-state index in [2.05, 4.69) is 9.97 Å². The zero-order valence-corrected chi connectivity index (χ0v) is 27.4. The normalized spacial score (nSPS) is 24.8. The van der Waals surface area contributed by atoms with E-state index >= 15 is 4.39 Å². The molecule has 1 amide bonds. The van der Waals surface area contributed by atoms with E-state index in [1.54, 1.807) is 11.9 Å². The number of carbonyl (C=O) groups excluding carboxylic acids is 1. The SMILES string of the molecule is CN1c2nc(OCC34CCCN3C[C@H](F)C4)nc3c(F)c(-c4ccc(F)c5sc(N)c(C#N)c45)c(Cl)c(c23)OC2CN(C(=O)C(F)F)CC21. The molecule has 8 rings (SSSR count). The van der Waals surface area contributed by atoms with E-state index in [0.717, 1.165) is 28.7 Å². The average Bonchev–Trinajstić information content (AvgIpc) is 3.81. The van der Waals surface area contributed by atoms with E-state index in [4.69, 9.17) is 26.8 Å². The van der Waals surface area contributed by atoms with Gasteiger partial charge < -0.3 is 25.0 Å². The Hall–Kier alpha value is -4.20. The average molecular weight is 720 g/mol. The van der Waals surface area contributed by atoms with Gasteiger partial charge in [0, 0.05) is 37.5 Å². The number of ether oxygens (including phenoxy) is 2. The van der Waals surface area contributed by atoms with Crippen molar-refractivity contribution in [2.75, 3.05) is 50.5 Å². The van der Waals surface area contributed by atoms with Gasteiger partial charge in [-0.15, -0.1) is 11.3 Å². The van der Waals surface area contributed by atoms with Crippen molar-refractivity contribution in [3.63, 3.8) is 0 Å². The van der Waals surface area contributed by atoms with Gasteiger partial charge in [-0.25, -0.2) is 13.2 Å². The van der Waals surface area contributed by atoms with E-state index in [0.29, 0.717) is 13.0 Å². The van der Waals surface area contributed by atoms with Crippen LogP contribution in [0.3, 0.4) is 0 Å². The van der Waals surface area contributed by atoms with Crippen LogP contribution in [0.2, 0.25) is 5.02 Å². The zero-order valence-electron chi connectivity index (χ0n) is 25.8. The minimum absolute atomic E-state index is 0.0149. The summed E-state index contributed by atoms with van der Waals surface area (Å²) in [6.07, 6.45) is -3.34. The van der Waals surface area contributed by atoms with Crippen LogP contribution < -0.4 is 20.1 Å². The number of carbonyl (C=O) groups is 1. The van der Waals surface area contributed by atoms with Gasteiger partial charge in [0.25, 0.3) is 5.91 Å². The fraction of sp³-hybridized carbons (Fsp3) is 0.438. The summed E-state index contributed by atoms with van der Waals surface area (Å²) in [5.41, 5.74) is 4.93. The number of nitrogens with two attached hydrogens (primary N) is 1. The van der Waals surface area contributed by atoms with Crippen molar-refractivity contribution in [2.45, 2.75) is 49.5 Å². The number of aromatic nitrogens is 2. The maximum Gasteiger partial charge on any atom is 0.319 e. The lowest BCUT2D eigenvalue weighted by atomic mass is 9.95. The minimum Gasteiger partial charge on any atom is -0.484 e. The second kappa shape index (κ2) is 11.4. The lowest BCUT2D eigenvalue weighted by Gasteiger charge is -2.31. The molecule has 0 saturated carbocycles. The molecule has 0 bridgehead atoms. The number of amides is 1. The van der Waals surface area contributed by atoms with Crippen LogP contribution in [0.15, 0.2) is 12.1 Å². The van der Waals surface area contributed by atoms with Crippen LogP contribution in [0.25, 0.3) is 32.1 Å². The Bertz CT molecular complexity index is 2110. The number of halogens is 6. The second-order valence-corrected chi connectivity index (χ2v) is 14.3. The molecule has 3 saturated heterocycles. The number of hydrogen-bond acceptors (Lipinski definition) is 10. The third-order valence-electron chi connectivity index (χ3n) is 10.2. The van der Waals surface area contributed by atoms with Gasteiger partial charge in [0.15, 0.2) is 11.6 Å². The Kier molecular flexibility index (Phi) is 7.47. The molecule has 6 heterocycles. The lowest BCUT2D eigenvalue weighted by molar-refractivity contribution is -0.142. The highest BCUT2D eigenvalue weighted by Gasteiger charge is 2.50. The van der Waals surface area contributed by atoms with Crippen molar-refractivity contribution in [3.8, 4) is 29.0 Å². The minimum atomic E-state index is -3.24. The summed E-state index contributed by atoms with van der Waals surface area (Å²) in [5.74, 6) is -2.97. The molecule has 4 aromatic rings. The number of anilines is 2. The molecule has 2 N–H and O–H groups in total. The molecule has 256 valence electrons. The third-order valence-corrected chi connectivity index (χ3v) is 11.6. The summed E-state index contributed by atoms with van der Waals surface area (Å²) < 4.78 is 86.1. The van der Waals surface area contributed by atoms with E-state index in [9.17, 15) is 27.6 Å². The summed E-state index contributed by atoms with van der Waals surface area (Å²) in [4.78, 5) is 26.1. The summed E-state index contributed by atoms with van der Waals surface area (Å²) in [7, 11) is 1.61. The van der Waals surface area contributed by atoms with Gasteiger partial charge in [-0.2, -0.15) is 24.0 Å². The molecule has 10 nitrogen and oxygen atoms in total. The van der Waals surface area contributed by atoms with Crippen molar-refractivity contribution < 1.29 is 36.2 Å². The Morgan fingerprint density at radius 3 is 2.82 bits per heavy atom. The fourth-order valence-corrected chi connectivity index (χ4v) is 9.20. The van der Waals surface area contributed by atoms with Crippen LogP contribution in [-0.4, -0.2) is 95.8 Å². The van der Waals surface area contributed by atoms with E-state index in [1.807, 2.05) is 11.0 Å². The number of hydrogen-bond donors (Lipinski definition) is 1. The van der Waals surface area contributed by atoms with Crippen LogP contribution in [0.5, 0.6) is 11.8 Å². The van der Waals surface area contributed by atoms with Gasteiger partial charge in [0.1, 0.15) is 47.1 Å². The standard InChI is InChI=1S/C32H27ClF5N7O3S/c1-43-17-10-44(30(46)27(37)38)11-18(17)48-25-21-24(41-31(42-29(21)43)47-12-32-5-2-6-45(32)9-13(34)7-32)23(36)20(22(25)33)14-3-4-16(35)26-19(14)15(8-39)28(40)49-26/h3-4,13,17-18,27H,2,5-7,9-12,40H2,1H3/t13-,17?,18?,32?/m1/s1. The zero-order chi connectivity index (χ0) is 34.5. The molecule has 2 aromatic heterocycles.